The van der Waals surface area contributed by atoms with E-state index in [4.69, 9.17) is 9.47 Å². The number of carboxylic acids is 1. The van der Waals surface area contributed by atoms with Crippen LogP contribution in [0.3, 0.4) is 0 Å². The third-order valence-corrected chi connectivity index (χ3v) is 7.01. The van der Waals surface area contributed by atoms with Crippen LogP contribution in [0, 0.1) is 5.92 Å². The molecule has 1 unspecified atom stereocenters. The van der Waals surface area contributed by atoms with Crippen molar-refractivity contribution in [2.24, 2.45) is 5.92 Å². The molecule has 1 fully saturated rings. The number of hydrogen-bond acceptors (Lipinski definition) is 5. The maximum atomic E-state index is 12.8. The van der Waals surface area contributed by atoms with Crippen LogP contribution in [0.4, 0.5) is 4.79 Å². The molecule has 0 heterocycles. The third-order valence-electron chi connectivity index (χ3n) is 7.01. The van der Waals surface area contributed by atoms with Gasteiger partial charge in [0.2, 0.25) is 5.91 Å². The summed E-state index contributed by atoms with van der Waals surface area (Å²) in [6.45, 7) is 1.51. The second kappa shape index (κ2) is 10.5. The molecule has 0 spiro atoms. The number of carboxylic acid groups (broad SMARTS) is 1. The standard InChI is InChI=1S/C27H32N2O6/c1-27(16-34-2,25(31)32)29-24(30)17-8-7-9-18(14-17)28-26(33)35-15-23-21-12-5-3-10-19(21)20-11-4-6-13-22(20)23/h3-6,10-13,17-18,23H,7-9,14-16H2,1-2H3,(H,28,33)(H,29,30)(H,31,32)/t17-,18-,27?/m1/s1. The van der Waals surface area contributed by atoms with Crippen LogP contribution in [-0.2, 0) is 19.1 Å². The van der Waals surface area contributed by atoms with Crippen molar-refractivity contribution in [3.05, 3.63) is 59.7 Å². The third kappa shape index (κ3) is 5.32. The van der Waals surface area contributed by atoms with Crippen molar-refractivity contribution < 1.29 is 29.0 Å². The summed E-state index contributed by atoms with van der Waals surface area (Å²) >= 11 is 0. The zero-order valence-corrected chi connectivity index (χ0v) is 20.1. The first-order valence-electron chi connectivity index (χ1n) is 12.0. The van der Waals surface area contributed by atoms with E-state index in [1.165, 1.54) is 25.2 Å². The molecule has 0 saturated heterocycles. The largest absolute Gasteiger partial charge is 0.479 e. The fraction of sp³-hybridized carbons (Fsp3) is 0.444. The van der Waals surface area contributed by atoms with Crippen molar-refractivity contribution in [1.82, 2.24) is 10.6 Å². The molecule has 3 N–H and O–H groups in total. The number of alkyl carbamates (subject to hydrolysis) is 1. The minimum atomic E-state index is -1.50. The molecule has 2 amide bonds. The number of hydrogen-bond donors (Lipinski definition) is 3. The molecule has 4 rings (SSSR count). The first-order valence-corrected chi connectivity index (χ1v) is 12.0. The molecular weight excluding hydrogens is 448 g/mol. The molecule has 0 radical (unpaired) electrons. The highest BCUT2D eigenvalue weighted by molar-refractivity contribution is 5.88. The molecular formula is C27H32N2O6. The highest BCUT2D eigenvalue weighted by Crippen LogP contribution is 2.44. The van der Waals surface area contributed by atoms with Crippen molar-refractivity contribution in [2.75, 3.05) is 20.3 Å². The molecule has 2 aliphatic rings. The molecule has 1 saturated carbocycles. The van der Waals surface area contributed by atoms with E-state index >= 15 is 0 Å². The van der Waals surface area contributed by atoms with E-state index in [-0.39, 0.29) is 31.1 Å². The van der Waals surface area contributed by atoms with E-state index in [9.17, 15) is 19.5 Å². The Morgan fingerprint density at radius 2 is 1.66 bits per heavy atom. The number of ether oxygens (including phenoxy) is 2. The zero-order chi connectivity index (χ0) is 25.0. The minimum absolute atomic E-state index is 0.0208. The summed E-state index contributed by atoms with van der Waals surface area (Å²) < 4.78 is 10.6. The van der Waals surface area contributed by atoms with E-state index in [2.05, 4.69) is 34.9 Å². The number of carbonyl (C=O) groups excluding carboxylic acids is 2. The average Bonchev–Trinajstić information content (AvgIpc) is 3.16. The average molecular weight is 481 g/mol. The Kier molecular flexibility index (Phi) is 7.40. The van der Waals surface area contributed by atoms with Gasteiger partial charge < -0.3 is 25.2 Å². The number of aliphatic carboxylic acids is 1. The number of rotatable bonds is 8. The lowest BCUT2D eigenvalue weighted by atomic mass is 9.84. The van der Waals surface area contributed by atoms with Crippen LogP contribution in [0.2, 0.25) is 0 Å². The fourth-order valence-corrected chi connectivity index (χ4v) is 5.18. The van der Waals surface area contributed by atoms with Crippen LogP contribution in [0.5, 0.6) is 0 Å². The monoisotopic (exact) mass is 480 g/mol. The van der Waals surface area contributed by atoms with Gasteiger partial charge in [0.05, 0.1) is 6.61 Å². The molecule has 2 aromatic rings. The minimum Gasteiger partial charge on any atom is -0.479 e. The lowest BCUT2D eigenvalue weighted by molar-refractivity contribution is -0.150. The maximum Gasteiger partial charge on any atom is 0.407 e. The summed E-state index contributed by atoms with van der Waals surface area (Å²) in [7, 11) is 1.39. The summed E-state index contributed by atoms with van der Waals surface area (Å²) in [6.07, 6.45) is 2.05. The van der Waals surface area contributed by atoms with Crippen molar-refractivity contribution >= 4 is 18.0 Å². The molecule has 0 bridgehead atoms. The Morgan fingerprint density at radius 1 is 1.03 bits per heavy atom. The zero-order valence-electron chi connectivity index (χ0n) is 20.1. The molecule has 35 heavy (non-hydrogen) atoms. The molecule has 8 heteroatoms. The van der Waals surface area contributed by atoms with Crippen LogP contribution in [0.15, 0.2) is 48.5 Å². The van der Waals surface area contributed by atoms with Gasteiger partial charge in [-0.25, -0.2) is 9.59 Å². The van der Waals surface area contributed by atoms with Gasteiger partial charge in [0.25, 0.3) is 0 Å². The van der Waals surface area contributed by atoms with Crippen molar-refractivity contribution in [2.45, 2.75) is 50.1 Å². The van der Waals surface area contributed by atoms with Crippen LogP contribution in [0.25, 0.3) is 11.1 Å². The molecule has 3 atom stereocenters. The predicted molar refractivity (Wildman–Crippen MR) is 130 cm³/mol. The van der Waals surface area contributed by atoms with Crippen LogP contribution >= 0.6 is 0 Å². The van der Waals surface area contributed by atoms with Crippen molar-refractivity contribution in [1.29, 1.82) is 0 Å². The topological polar surface area (TPSA) is 114 Å². The lowest BCUT2D eigenvalue weighted by Gasteiger charge is -2.32. The highest BCUT2D eigenvalue weighted by Gasteiger charge is 2.38. The second-order valence-electron chi connectivity index (χ2n) is 9.59. The lowest BCUT2D eigenvalue weighted by Crippen LogP contribution is -2.57. The molecule has 2 aliphatic carbocycles. The van der Waals surface area contributed by atoms with Gasteiger partial charge in [-0.1, -0.05) is 55.0 Å². The molecule has 8 nitrogen and oxygen atoms in total. The molecule has 2 aromatic carbocycles. The molecule has 0 aromatic heterocycles. The van der Waals surface area contributed by atoms with Crippen LogP contribution in [0.1, 0.15) is 49.7 Å². The number of fused-ring (bicyclic) bond motifs is 3. The van der Waals surface area contributed by atoms with Gasteiger partial charge >= 0.3 is 12.1 Å². The van der Waals surface area contributed by atoms with E-state index in [1.54, 1.807) is 0 Å². The summed E-state index contributed by atoms with van der Waals surface area (Å²) in [4.78, 5) is 37.0. The van der Waals surface area contributed by atoms with Gasteiger partial charge in [0.1, 0.15) is 6.61 Å². The normalized spacial score (nSPS) is 20.7. The van der Waals surface area contributed by atoms with Gasteiger partial charge in [-0.2, -0.15) is 0 Å². The van der Waals surface area contributed by atoms with Gasteiger partial charge in [-0.05, 0) is 48.4 Å². The first kappa shape index (κ1) is 24.7. The SMILES string of the molecule is COCC(C)(NC(=O)[C@@H]1CCC[C@@H](NC(=O)OCC2c3ccccc3-c3ccccc32)C1)C(=O)O. The maximum absolute atomic E-state index is 12.8. The Morgan fingerprint density at radius 3 is 2.26 bits per heavy atom. The van der Waals surface area contributed by atoms with Gasteiger partial charge in [-0.15, -0.1) is 0 Å². The van der Waals surface area contributed by atoms with Gasteiger partial charge in [0, 0.05) is 25.0 Å². The fourth-order valence-electron chi connectivity index (χ4n) is 5.18. The van der Waals surface area contributed by atoms with Crippen LogP contribution in [-0.4, -0.2) is 55.0 Å². The highest BCUT2D eigenvalue weighted by atomic mass is 16.5. The van der Waals surface area contributed by atoms with Crippen molar-refractivity contribution in [3.8, 4) is 11.1 Å². The van der Waals surface area contributed by atoms with E-state index in [1.807, 2.05) is 24.3 Å². The predicted octanol–water partition coefficient (Wildman–Crippen LogP) is 3.69. The van der Waals surface area contributed by atoms with E-state index in [0.717, 1.165) is 24.0 Å². The van der Waals surface area contributed by atoms with Crippen molar-refractivity contribution in [3.63, 3.8) is 0 Å². The summed E-state index contributed by atoms with van der Waals surface area (Å²) in [5, 5.41) is 15.0. The van der Waals surface area contributed by atoms with Crippen LogP contribution < -0.4 is 10.6 Å². The Bertz CT molecular complexity index is 1060. The van der Waals surface area contributed by atoms with Gasteiger partial charge in [0.15, 0.2) is 5.54 Å². The molecule has 186 valence electrons. The van der Waals surface area contributed by atoms with E-state index in [0.29, 0.717) is 12.8 Å². The Labute approximate surface area is 205 Å². The summed E-state index contributed by atoms with van der Waals surface area (Å²) in [5.74, 6) is -1.91. The molecule has 0 aliphatic heterocycles. The number of methoxy groups -OCH3 is 1. The van der Waals surface area contributed by atoms with Gasteiger partial charge in [-0.3, -0.25) is 4.79 Å². The number of benzene rings is 2. The smallest absolute Gasteiger partial charge is 0.407 e. The summed E-state index contributed by atoms with van der Waals surface area (Å²) in [5.41, 5.74) is 3.13. The quantitative estimate of drug-likeness (QED) is 0.531. The second-order valence-corrected chi connectivity index (χ2v) is 9.59. The number of nitrogens with one attached hydrogen (secondary N) is 2. The van der Waals surface area contributed by atoms with E-state index < -0.39 is 23.5 Å². The first-order chi connectivity index (χ1) is 16.8. The Hall–Kier alpha value is -3.39. The number of amides is 2. The number of carbonyl (C=O) groups is 3. The summed E-state index contributed by atoms with van der Waals surface area (Å²) in [6, 6.07) is 16.1. The Balaban J connectivity index is 1.33.